The number of ether oxygens (including phenoxy) is 2. The summed E-state index contributed by atoms with van der Waals surface area (Å²) in [6.45, 7) is -0.497. The molecule has 4 atom stereocenters. The second kappa shape index (κ2) is 5.22. The van der Waals surface area contributed by atoms with Crippen molar-refractivity contribution in [3.8, 4) is 12.3 Å². The first-order valence-corrected chi connectivity index (χ1v) is 5.79. The summed E-state index contributed by atoms with van der Waals surface area (Å²) in [4.78, 5) is 24.9. The summed E-state index contributed by atoms with van der Waals surface area (Å²) < 4.78 is 11.6. The predicted octanol–water partition coefficient (Wildman–Crippen LogP) is -2.19. The fraction of sp³-hybridized carbons (Fsp3) is 0.500. The van der Waals surface area contributed by atoms with Crippen LogP contribution in [0.1, 0.15) is 6.23 Å². The first-order valence-electron chi connectivity index (χ1n) is 5.79. The van der Waals surface area contributed by atoms with Gasteiger partial charge in [-0.2, -0.15) is 0 Å². The van der Waals surface area contributed by atoms with Crippen LogP contribution in [0.3, 0.4) is 0 Å². The fourth-order valence-electron chi connectivity index (χ4n) is 2.23. The zero-order chi connectivity index (χ0) is 14.9. The van der Waals surface area contributed by atoms with Gasteiger partial charge < -0.3 is 19.7 Å². The molecule has 3 N–H and O–H groups in total. The molecular formula is C12H14N2O6. The molecule has 0 radical (unpaired) electrons. The van der Waals surface area contributed by atoms with E-state index in [9.17, 15) is 19.8 Å². The van der Waals surface area contributed by atoms with Crippen LogP contribution in [-0.2, 0) is 9.47 Å². The summed E-state index contributed by atoms with van der Waals surface area (Å²) in [6, 6.07) is 1.11. The van der Waals surface area contributed by atoms with Gasteiger partial charge in [-0.25, -0.2) is 4.79 Å². The number of rotatable bonds is 3. The van der Waals surface area contributed by atoms with E-state index in [2.05, 4.69) is 10.9 Å². The largest absolute Gasteiger partial charge is 0.394 e. The first kappa shape index (κ1) is 14.5. The number of terminal acetylenes is 1. The summed E-state index contributed by atoms with van der Waals surface area (Å²) >= 11 is 0. The lowest BCUT2D eigenvalue weighted by Gasteiger charge is -2.30. The standard InChI is InChI=1S/C12H14N2O6/c1-3-12(19-2)9(17)7(6-15)20-10(12)14-5-4-8(16)13-11(14)18/h1,4-5,7,9-10,15,17H,6H2,2H3,(H,13,16,18). The lowest BCUT2D eigenvalue weighted by atomic mass is 9.94. The molecule has 108 valence electrons. The van der Waals surface area contributed by atoms with Crippen molar-refractivity contribution >= 4 is 0 Å². The molecule has 8 nitrogen and oxygen atoms in total. The van der Waals surface area contributed by atoms with E-state index in [0.29, 0.717) is 0 Å². The van der Waals surface area contributed by atoms with E-state index in [-0.39, 0.29) is 0 Å². The van der Waals surface area contributed by atoms with E-state index >= 15 is 0 Å². The minimum Gasteiger partial charge on any atom is -0.394 e. The molecule has 0 bridgehead atoms. The smallest absolute Gasteiger partial charge is 0.330 e. The van der Waals surface area contributed by atoms with E-state index in [4.69, 9.17) is 15.9 Å². The molecular weight excluding hydrogens is 268 g/mol. The van der Waals surface area contributed by atoms with E-state index in [1.54, 1.807) is 0 Å². The number of methoxy groups -OCH3 is 1. The third kappa shape index (κ3) is 1.97. The minimum atomic E-state index is -1.64. The van der Waals surface area contributed by atoms with Gasteiger partial charge in [0.1, 0.15) is 12.2 Å². The van der Waals surface area contributed by atoms with Gasteiger partial charge in [-0.3, -0.25) is 14.3 Å². The maximum Gasteiger partial charge on any atom is 0.330 e. The highest BCUT2D eigenvalue weighted by molar-refractivity contribution is 5.20. The molecule has 1 aliphatic rings. The predicted molar refractivity (Wildman–Crippen MR) is 66.9 cm³/mol. The van der Waals surface area contributed by atoms with Crippen LogP contribution < -0.4 is 11.2 Å². The highest BCUT2D eigenvalue weighted by atomic mass is 16.6. The second-order valence-electron chi connectivity index (χ2n) is 4.31. The molecule has 2 heterocycles. The fourth-order valence-corrected chi connectivity index (χ4v) is 2.23. The maximum absolute atomic E-state index is 11.8. The van der Waals surface area contributed by atoms with Gasteiger partial charge in [-0.05, 0) is 0 Å². The number of aliphatic hydroxyl groups is 2. The van der Waals surface area contributed by atoms with Crippen LogP contribution in [0.5, 0.6) is 0 Å². The van der Waals surface area contributed by atoms with Crippen molar-refractivity contribution in [1.29, 1.82) is 0 Å². The molecule has 0 amide bonds. The molecule has 1 aromatic heterocycles. The summed E-state index contributed by atoms with van der Waals surface area (Å²) in [7, 11) is 1.26. The molecule has 0 saturated carbocycles. The summed E-state index contributed by atoms with van der Waals surface area (Å²) in [5, 5.41) is 19.3. The zero-order valence-corrected chi connectivity index (χ0v) is 10.6. The Morgan fingerprint density at radius 3 is 2.85 bits per heavy atom. The van der Waals surface area contributed by atoms with Crippen LogP contribution in [0.15, 0.2) is 21.9 Å². The van der Waals surface area contributed by atoms with E-state index < -0.39 is 41.9 Å². The molecule has 20 heavy (non-hydrogen) atoms. The van der Waals surface area contributed by atoms with Gasteiger partial charge in [0.2, 0.25) is 5.60 Å². The normalized spacial score (nSPS) is 33.0. The molecule has 2 rings (SSSR count). The van der Waals surface area contributed by atoms with Crippen molar-refractivity contribution in [3.63, 3.8) is 0 Å². The Hall–Kier alpha value is -1.92. The molecule has 0 aromatic carbocycles. The number of nitrogens with zero attached hydrogens (tertiary/aromatic N) is 1. The number of aromatic amines is 1. The number of nitrogens with one attached hydrogen (secondary N) is 1. The van der Waals surface area contributed by atoms with Crippen molar-refractivity contribution in [2.45, 2.75) is 24.0 Å². The molecule has 0 spiro atoms. The summed E-state index contributed by atoms with van der Waals surface area (Å²) in [5.41, 5.74) is -2.98. The Kier molecular flexibility index (Phi) is 3.78. The van der Waals surface area contributed by atoms with Crippen molar-refractivity contribution in [1.82, 2.24) is 9.55 Å². The van der Waals surface area contributed by atoms with Gasteiger partial charge in [0.15, 0.2) is 6.23 Å². The molecule has 0 aliphatic carbocycles. The van der Waals surface area contributed by atoms with Crippen molar-refractivity contribution < 1.29 is 19.7 Å². The molecule has 1 fully saturated rings. The lowest BCUT2D eigenvalue weighted by Crippen LogP contribution is -2.49. The highest BCUT2D eigenvalue weighted by Gasteiger charge is 2.57. The van der Waals surface area contributed by atoms with Crippen LogP contribution in [-0.4, -0.2) is 51.3 Å². The molecule has 1 aliphatic heterocycles. The monoisotopic (exact) mass is 282 g/mol. The van der Waals surface area contributed by atoms with Crippen LogP contribution in [0.4, 0.5) is 0 Å². The van der Waals surface area contributed by atoms with Gasteiger partial charge in [0, 0.05) is 19.4 Å². The SMILES string of the molecule is C#CC1(OC)C(O)C(CO)OC1n1ccc(=O)[nH]c1=O. The minimum absolute atomic E-state index is 0.497. The molecule has 1 saturated heterocycles. The maximum atomic E-state index is 11.8. The Labute approximate surface area is 113 Å². The summed E-state index contributed by atoms with van der Waals surface area (Å²) in [5.74, 6) is 2.27. The Bertz CT molecular complexity index is 644. The van der Waals surface area contributed by atoms with E-state index in [0.717, 1.165) is 10.6 Å². The average molecular weight is 282 g/mol. The van der Waals surface area contributed by atoms with Gasteiger partial charge in [-0.1, -0.05) is 5.92 Å². The van der Waals surface area contributed by atoms with Crippen LogP contribution in [0.2, 0.25) is 0 Å². The van der Waals surface area contributed by atoms with Crippen molar-refractivity contribution in [2.24, 2.45) is 0 Å². The number of aromatic nitrogens is 2. The topological polar surface area (TPSA) is 114 Å². The quantitative estimate of drug-likeness (QED) is 0.542. The summed E-state index contributed by atoms with van der Waals surface area (Å²) in [6.07, 6.45) is 3.09. The molecule has 1 aromatic rings. The number of hydrogen-bond acceptors (Lipinski definition) is 6. The van der Waals surface area contributed by atoms with Gasteiger partial charge in [0.25, 0.3) is 5.56 Å². The third-order valence-electron chi connectivity index (χ3n) is 3.31. The first-order chi connectivity index (χ1) is 9.50. The number of H-pyrrole nitrogens is 1. The van der Waals surface area contributed by atoms with Crippen molar-refractivity contribution in [3.05, 3.63) is 33.1 Å². The Morgan fingerprint density at radius 2 is 2.35 bits per heavy atom. The Balaban J connectivity index is 2.57. The average Bonchev–Trinajstić information content (AvgIpc) is 2.71. The number of hydrogen-bond donors (Lipinski definition) is 3. The molecule has 4 unspecified atom stereocenters. The second-order valence-corrected chi connectivity index (χ2v) is 4.31. The Morgan fingerprint density at radius 1 is 1.65 bits per heavy atom. The van der Waals surface area contributed by atoms with E-state index in [1.807, 2.05) is 0 Å². The third-order valence-corrected chi connectivity index (χ3v) is 3.31. The number of aliphatic hydroxyl groups excluding tert-OH is 2. The van der Waals surface area contributed by atoms with Gasteiger partial charge in [0.05, 0.1) is 6.61 Å². The van der Waals surface area contributed by atoms with Crippen LogP contribution in [0.25, 0.3) is 0 Å². The molecule has 8 heteroatoms. The van der Waals surface area contributed by atoms with Crippen LogP contribution in [0, 0.1) is 12.3 Å². The van der Waals surface area contributed by atoms with Crippen LogP contribution >= 0.6 is 0 Å². The highest BCUT2D eigenvalue weighted by Crippen LogP contribution is 2.39. The van der Waals surface area contributed by atoms with Gasteiger partial charge in [-0.15, -0.1) is 6.42 Å². The van der Waals surface area contributed by atoms with Gasteiger partial charge >= 0.3 is 5.69 Å². The zero-order valence-electron chi connectivity index (χ0n) is 10.6. The lowest BCUT2D eigenvalue weighted by molar-refractivity contribution is -0.0965. The van der Waals surface area contributed by atoms with Crippen molar-refractivity contribution in [2.75, 3.05) is 13.7 Å². The van der Waals surface area contributed by atoms with E-state index in [1.165, 1.54) is 13.3 Å².